The number of nitrogens with one attached hydrogen (secondary N) is 1. The van der Waals surface area contributed by atoms with Gasteiger partial charge in [-0.25, -0.2) is 9.78 Å². The van der Waals surface area contributed by atoms with Gasteiger partial charge in [0.15, 0.2) is 0 Å². The van der Waals surface area contributed by atoms with Crippen LogP contribution in [0.4, 0.5) is 5.69 Å². The zero-order valence-electron chi connectivity index (χ0n) is 10.8. The lowest BCUT2D eigenvalue weighted by molar-refractivity contribution is -0.131. The molecule has 0 bridgehead atoms. The Labute approximate surface area is 129 Å². The standard InChI is InChI=1S/C15H11BrN2O3/c16-13-6-2-5-12(18-13)15(21)17-11-4-1-3-10(9-11)7-8-14(19)20/h1-9H,(H,17,21)(H,19,20)/b8-7+. The summed E-state index contributed by atoms with van der Waals surface area (Å²) >= 11 is 3.21. The lowest BCUT2D eigenvalue weighted by atomic mass is 10.2. The maximum absolute atomic E-state index is 12.0. The van der Waals surface area contributed by atoms with Crippen LogP contribution in [0.5, 0.6) is 0 Å². The first-order valence-electron chi connectivity index (χ1n) is 5.99. The number of aromatic nitrogens is 1. The molecule has 1 aromatic carbocycles. The molecule has 2 N–H and O–H groups in total. The Morgan fingerprint density at radius 2 is 1.95 bits per heavy atom. The number of aliphatic carboxylic acids is 1. The molecule has 6 heteroatoms. The molecule has 0 aliphatic heterocycles. The number of anilines is 1. The number of amides is 1. The molecule has 0 atom stereocenters. The minimum absolute atomic E-state index is 0.288. The predicted octanol–water partition coefficient (Wildman–Crippen LogP) is 3.19. The molecule has 1 amide bonds. The van der Waals surface area contributed by atoms with E-state index in [1.165, 1.54) is 6.08 Å². The normalized spacial score (nSPS) is 10.5. The van der Waals surface area contributed by atoms with Crippen LogP contribution in [0.1, 0.15) is 16.1 Å². The van der Waals surface area contributed by atoms with Gasteiger partial charge in [0.1, 0.15) is 10.3 Å². The van der Waals surface area contributed by atoms with Gasteiger partial charge < -0.3 is 10.4 Å². The van der Waals surface area contributed by atoms with Crippen molar-refractivity contribution < 1.29 is 14.7 Å². The summed E-state index contributed by atoms with van der Waals surface area (Å²) in [6.07, 6.45) is 2.49. The lowest BCUT2D eigenvalue weighted by Gasteiger charge is -2.05. The second-order valence-electron chi connectivity index (χ2n) is 4.10. The number of halogens is 1. The summed E-state index contributed by atoms with van der Waals surface area (Å²) < 4.78 is 0.577. The van der Waals surface area contributed by atoms with Gasteiger partial charge in [-0.15, -0.1) is 0 Å². The van der Waals surface area contributed by atoms with E-state index in [0.29, 0.717) is 15.9 Å². The molecular formula is C15H11BrN2O3. The molecule has 1 heterocycles. The van der Waals surface area contributed by atoms with E-state index >= 15 is 0 Å². The molecule has 0 aliphatic carbocycles. The quantitative estimate of drug-likeness (QED) is 0.658. The summed E-state index contributed by atoms with van der Waals surface area (Å²) in [6.45, 7) is 0. The highest BCUT2D eigenvalue weighted by Crippen LogP contribution is 2.14. The molecule has 0 saturated carbocycles. The first kappa shape index (κ1) is 14.9. The first-order valence-corrected chi connectivity index (χ1v) is 6.79. The Bertz CT molecular complexity index is 714. The molecule has 0 spiro atoms. The van der Waals surface area contributed by atoms with Crippen molar-refractivity contribution >= 4 is 39.6 Å². The Balaban J connectivity index is 2.14. The van der Waals surface area contributed by atoms with Crippen LogP contribution in [-0.2, 0) is 4.79 Å². The van der Waals surface area contributed by atoms with Crippen molar-refractivity contribution in [2.45, 2.75) is 0 Å². The Morgan fingerprint density at radius 3 is 2.67 bits per heavy atom. The molecular weight excluding hydrogens is 336 g/mol. The highest BCUT2D eigenvalue weighted by molar-refractivity contribution is 9.10. The summed E-state index contributed by atoms with van der Waals surface area (Å²) in [4.78, 5) is 26.6. The smallest absolute Gasteiger partial charge is 0.328 e. The van der Waals surface area contributed by atoms with Gasteiger partial charge in [-0.05, 0) is 51.8 Å². The molecule has 0 saturated heterocycles. The third-order valence-corrected chi connectivity index (χ3v) is 2.95. The van der Waals surface area contributed by atoms with Crippen molar-refractivity contribution in [1.29, 1.82) is 0 Å². The van der Waals surface area contributed by atoms with Crippen LogP contribution in [0.3, 0.4) is 0 Å². The van der Waals surface area contributed by atoms with Crippen molar-refractivity contribution in [1.82, 2.24) is 4.98 Å². The average Bonchev–Trinajstić information content (AvgIpc) is 2.45. The van der Waals surface area contributed by atoms with Gasteiger partial charge >= 0.3 is 5.97 Å². The summed E-state index contributed by atoms with van der Waals surface area (Å²) in [5.41, 5.74) is 1.53. The molecule has 106 valence electrons. The van der Waals surface area contributed by atoms with Gasteiger partial charge in [-0.2, -0.15) is 0 Å². The number of hydrogen-bond donors (Lipinski definition) is 2. The molecule has 1 aromatic heterocycles. The topological polar surface area (TPSA) is 79.3 Å². The van der Waals surface area contributed by atoms with Crippen molar-refractivity contribution in [2.24, 2.45) is 0 Å². The molecule has 0 fully saturated rings. The van der Waals surface area contributed by atoms with Crippen molar-refractivity contribution in [3.8, 4) is 0 Å². The molecule has 21 heavy (non-hydrogen) atoms. The number of hydrogen-bond acceptors (Lipinski definition) is 3. The van der Waals surface area contributed by atoms with E-state index in [4.69, 9.17) is 5.11 Å². The highest BCUT2D eigenvalue weighted by atomic mass is 79.9. The fourth-order valence-electron chi connectivity index (χ4n) is 1.62. The predicted molar refractivity (Wildman–Crippen MR) is 83.0 cm³/mol. The SMILES string of the molecule is O=C(O)/C=C/c1cccc(NC(=O)c2cccc(Br)n2)c1. The molecule has 2 rings (SSSR count). The van der Waals surface area contributed by atoms with Crippen LogP contribution in [0, 0.1) is 0 Å². The van der Waals surface area contributed by atoms with Gasteiger partial charge in [-0.1, -0.05) is 18.2 Å². The highest BCUT2D eigenvalue weighted by Gasteiger charge is 2.07. The van der Waals surface area contributed by atoms with Crippen LogP contribution in [0.15, 0.2) is 53.1 Å². The maximum atomic E-state index is 12.0. The van der Waals surface area contributed by atoms with Crippen LogP contribution < -0.4 is 5.32 Å². The number of nitrogens with zero attached hydrogens (tertiary/aromatic N) is 1. The fourth-order valence-corrected chi connectivity index (χ4v) is 1.96. The minimum Gasteiger partial charge on any atom is -0.478 e. The van der Waals surface area contributed by atoms with Gasteiger partial charge in [0.05, 0.1) is 0 Å². The van der Waals surface area contributed by atoms with E-state index in [0.717, 1.165) is 6.08 Å². The van der Waals surface area contributed by atoms with Gasteiger partial charge in [-0.3, -0.25) is 4.79 Å². The molecule has 2 aromatic rings. The van der Waals surface area contributed by atoms with Gasteiger partial charge in [0, 0.05) is 11.8 Å². The molecule has 5 nitrogen and oxygen atoms in total. The summed E-state index contributed by atoms with van der Waals surface area (Å²) in [5, 5.41) is 11.3. The van der Waals surface area contributed by atoms with Crippen molar-refractivity contribution in [3.05, 3.63) is 64.4 Å². The first-order chi connectivity index (χ1) is 10.0. The Morgan fingerprint density at radius 1 is 1.19 bits per heavy atom. The second kappa shape index (κ2) is 6.81. The van der Waals surface area contributed by atoms with E-state index in [1.807, 2.05) is 0 Å². The minimum atomic E-state index is -1.03. The number of pyridine rings is 1. The van der Waals surface area contributed by atoms with Crippen LogP contribution in [-0.4, -0.2) is 22.0 Å². The van der Waals surface area contributed by atoms with E-state index < -0.39 is 5.97 Å². The summed E-state index contributed by atoms with van der Waals surface area (Å²) in [7, 11) is 0. The molecule has 0 unspecified atom stereocenters. The molecule has 0 radical (unpaired) electrons. The molecule has 0 aliphatic rings. The number of carboxylic acids is 1. The second-order valence-corrected chi connectivity index (χ2v) is 4.91. The Hall–Kier alpha value is -2.47. The van der Waals surface area contributed by atoms with Crippen LogP contribution in [0.25, 0.3) is 6.08 Å². The fraction of sp³-hybridized carbons (Fsp3) is 0. The van der Waals surface area contributed by atoms with Crippen molar-refractivity contribution in [2.75, 3.05) is 5.32 Å². The van der Waals surface area contributed by atoms with Gasteiger partial charge in [0.2, 0.25) is 0 Å². The zero-order valence-corrected chi connectivity index (χ0v) is 12.4. The number of carbonyl (C=O) groups is 2. The largest absolute Gasteiger partial charge is 0.478 e. The van der Waals surface area contributed by atoms with Crippen LogP contribution in [0.2, 0.25) is 0 Å². The average molecular weight is 347 g/mol. The zero-order chi connectivity index (χ0) is 15.2. The van der Waals surface area contributed by atoms with E-state index in [9.17, 15) is 9.59 Å². The van der Waals surface area contributed by atoms with E-state index in [1.54, 1.807) is 42.5 Å². The number of benzene rings is 1. The van der Waals surface area contributed by atoms with E-state index in [2.05, 4.69) is 26.2 Å². The number of carboxylic acid groups (broad SMARTS) is 1. The van der Waals surface area contributed by atoms with Crippen LogP contribution >= 0.6 is 15.9 Å². The lowest BCUT2D eigenvalue weighted by Crippen LogP contribution is -2.13. The van der Waals surface area contributed by atoms with Crippen molar-refractivity contribution in [3.63, 3.8) is 0 Å². The third-order valence-electron chi connectivity index (χ3n) is 2.51. The van der Waals surface area contributed by atoms with E-state index in [-0.39, 0.29) is 11.6 Å². The summed E-state index contributed by atoms with van der Waals surface area (Å²) in [6, 6.07) is 11.9. The third kappa shape index (κ3) is 4.54. The number of rotatable bonds is 4. The Kier molecular flexibility index (Phi) is 4.84. The maximum Gasteiger partial charge on any atom is 0.328 e. The van der Waals surface area contributed by atoms with Gasteiger partial charge in [0.25, 0.3) is 5.91 Å². The summed E-state index contributed by atoms with van der Waals surface area (Å²) in [5.74, 6) is -1.36. The number of carbonyl (C=O) groups excluding carboxylic acids is 1. The monoisotopic (exact) mass is 346 g/mol.